The van der Waals surface area contributed by atoms with Gasteiger partial charge >= 0.3 is 0 Å². The average Bonchev–Trinajstić information content (AvgIpc) is 2.42. The quantitative estimate of drug-likeness (QED) is 0.673. The van der Waals surface area contributed by atoms with Crippen molar-refractivity contribution < 1.29 is 9.90 Å². The van der Waals surface area contributed by atoms with Crippen molar-refractivity contribution in [3.05, 3.63) is 58.7 Å². The van der Waals surface area contributed by atoms with E-state index in [0.717, 1.165) is 27.1 Å². The molecule has 104 valence electrons. The molecule has 0 atom stereocenters. The Morgan fingerprint density at radius 1 is 1.05 bits per heavy atom. The number of thioether (sulfide) groups is 1. The number of phenolic OH excluding ortho intramolecular Hbond substituents is 1. The van der Waals surface area contributed by atoms with Crippen LogP contribution in [0.1, 0.15) is 27.0 Å². The van der Waals surface area contributed by atoms with Gasteiger partial charge in [-0.2, -0.15) is 0 Å². The zero-order valence-electron chi connectivity index (χ0n) is 11.9. The van der Waals surface area contributed by atoms with Crippen molar-refractivity contribution in [2.45, 2.75) is 25.7 Å². The smallest absolute Gasteiger partial charge is 0.173 e. The molecule has 2 aromatic carbocycles. The Kier molecular flexibility index (Phi) is 4.50. The predicted octanol–water partition coefficient (Wildman–Crippen LogP) is 4.29. The summed E-state index contributed by atoms with van der Waals surface area (Å²) in [7, 11) is 0. The molecule has 0 aliphatic rings. The first-order chi connectivity index (χ1) is 9.47. The highest BCUT2D eigenvalue weighted by Gasteiger charge is 2.08. The van der Waals surface area contributed by atoms with Crippen LogP contribution < -0.4 is 0 Å². The van der Waals surface area contributed by atoms with E-state index in [9.17, 15) is 9.90 Å². The summed E-state index contributed by atoms with van der Waals surface area (Å²) in [5, 5.41) is 9.74. The molecule has 2 nitrogen and oxygen atoms in total. The van der Waals surface area contributed by atoms with Gasteiger partial charge in [0.25, 0.3) is 0 Å². The average molecular weight is 286 g/mol. The number of rotatable bonds is 4. The fourth-order valence-corrected chi connectivity index (χ4v) is 2.96. The van der Waals surface area contributed by atoms with Crippen molar-refractivity contribution in [2.24, 2.45) is 0 Å². The molecule has 0 fully saturated rings. The molecule has 0 heterocycles. The van der Waals surface area contributed by atoms with Gasteiger partial charge in [0.1, 0.15) is 5.75 Å². The summed E-state index contributed by atoms with van der Waals surface area (Å²) in [6, 6.07) is 11.5. The number of phenols is 1. The maximum atomic E-state index is 12.1. The Labute approximate surface area is 123 Å². The SMILES string of the molecule is Cc1ccc(C(=O)CSc2cc(C)c(O)c(C)c2)cc1. The van der Waals surface area contributed by atoms with E-state index in [1.54, 1.807) is 0 Å². The summed E-state index contributed by atoms with van der Waals surface area (Å²) in [6.07, 6.45) is 0. The Hall–Kier alpha value is -1.74. The Balaban J connectivity index is 2.05. The Bertz CT molecular complexity index is 607. The molecule has 0 bridgehead atoms. The van der Waals surface area contributed by atoms with Gasteiger partial charge in [0, 0.05) is 10.5 Å². The molecule has 0 aromatic heterocycles. The topological polar surface area (TPSA) is 37.3 Å². The van der Waals surface area contributed by atoms with Crippen LogP contribution in [0.2, 0.25) is 0 Å². The molecule has 0 spiro atoms. The van der Waals surface area contributed by atoms with Gasteiger partial charge in [-0.05, 0) is 44.0 Å². The van der Waals surface area contributed by atoms with E-state index in [1.165, 1.54) is 11.8 Å². The van der Waals surface area contributed by atoms with Crippen molar-refractivity contribution in [2.75, 3.05) is 5.75 Å². The minimum Gasteiger partial charge on any atom is -0.507 e. The van der Waals surface area contributed by atoms with Crippen molar-refractivity contribution >= 4 is 17.5 Å². The molecule has 0 aliphatic carbocycles. The number of hydrogen-bond donors (Lipinski definition) is 1. The normalized spacial score (nSPS) is 10.6. The lowest BCUT2D eigenvalue weighted by Crippen LogP contribution is -2.02. The zero-order chi connectivity index (χ0) is 14.7. The van der Waals surface area contributed by atoms with Crippen LogP contribution in [0.5, 0.6) is 5.75 Å². The number of hydrogen-bond acceptors (Lipinski definition) is 3. The summed E-state index contributed by atoms with van der Waals surface area (Å²) in [4.78, 5) is 13.1. The summed E-state index contributed by atoms with van der Waals surface area (Å²) < 4.78 is 0. The van der Waals surface area contributed by atoms with E-state index in [4.69, 9.17) is 0 Å². The van der Waals surface area contributed by atoms with Crippen LogP contribution in [-0.4, -0.2) is 16.6 Å². The predicted molar refractivity (Wildman–Crippen MR) is 83.8 cm³/mol. The van der Waals surface area contributed by atoms with E-state index in [-0.39, 0.29) is 5.78 Å². The maximum absolute atomic E-state index is 12.1. The molecule has 1 N–H and O–H groups in total. The summed E-state index contributed by atoms with van der Waals surface area (Å²) >= 11 is 1.50. The minimum absolute atomic E-state index is 0.124. The highest BCUT2D eigenvalue weighted by molar-refractivity contribution is 8.00. The van der Waals surface area contributed by atoms with Crippen LogP contribution in [0.25, 0.3) is 0 Å². The molecule has 2 aromatic rings. The van der Waals surface area contributed by atoms with Gasteiger partial charge in [-0.15, -0.1) is 11.8 Å². The van der Waals surface area contributed by atoms with Gasteiger partial charge in [-0.25, -0.2) is 0 Å². The molecule has 0 radical (unpaired) electrons. The fourth-order valence-electron chi connectivity index (χ4n) is 1.97. The summed E-state index contributed by atoms with van der Waals surface area (Å²) in [5.41, 5.74) is 3.58. The van der Waals surface area contributed by atoms with Gasteiger partial charge in [-0.1, -0.05) is 29.8 Å². The van der Waals surface area contributed by atoms with Gasteiger partial charge in [-0.3, -0.25) is 4.79 Å². The van der Waals surface area contributed by atoms with Gasteiger partial charge in [0.2, 0.25) is 0 Å². The van der Waals surface area contributed by atoms with Crippen molar-refractivity contribution in [1.82, 2.24) is 0 Å². The van der Waals surface area contributed by atoms with Crippen LogP contribution in [0.4, 0.5) is 0 Å². The van der Waals surface area contributed by atoms with Crippen molar-refractivity contribution in [1.29, 1.82) is 0 Å². The second-order valence-corrected chi connectivity index (χ2v) is 6.03. The fraction of sp³-hybridized carbons (Fsp3) is 0.235. The number of benzene rings is 2. The van der Waals surface area contributed by atoms with E-state index >= 15 is 0 Å². The molecular weight excluding hydrogens is 268 g/mol. The maximum Gasteiger partial charge on any atom is 0.173 e. The minimum atomic E-state index is 0.124. The number of aromatic hydroxyl groups is 1. The van der Waals surface area contributed by atoms with E-state index in [2.05, 4.69) is 0 Å². The number of carbonyl (C=O) groups excluding carboxylic acids is 1. The van der Waals surface area contributed by atoms with Crippen molar-refractivity contribution in [3.8, 4) is 5.75 Å². The molecule has 0 saturated carbocycles. The molecule has 3 heteroatoms. The van der Waals surface area contributed by atoms with Crippen LogP contribution in [0, 0.1) is 20.8 Å². The lowest BCUT2D eigenvalue weighted by atomic mass is 10.1. The molecule has 0 amide bonds. The van der Waals surface area contributed by atoms with Crippen LogP contribution in [0.15, 0.2) is 41.3 Å². The molecule has 0 saturated heterocycles. The number of Topliss-reactive ketones (excluding diaryl/α,β-unsaturated/α-hetero) is 1. The van der Waals surface area contributed by atoms with Crippen LogP contribution >= 0.6 is 11.8 Å². The third-order valence-corrected chi connectivity index (χ3v) is 4.18. The number of aryl methyl sites for hydroxylation is 3. The van der Waals surface area contributed by atoms with E-state index < -0.39 is 0 Å². The number of ketones is 1. The Morgan fingerprint density at radius 2 is 1.60 bits per heavy atom. The second kappa shape index (κ2) is 6.14. The molecule has 0 unspecified atom stereocenters. The molecular formula is C17H18O2S. The van der Waals surface area contributed by atoms with Crippen molar-refractivity contribution in [3.63, 3.8) is 0 Å². The lowest BCUT2D eigenvalue weighted by molar-refractivity contribution is 0.102. The second-order valence-electron chi connectivity index (χ2n) is 4.98. The largest absolute Gasteiger partial charge is 0.507 e. The summed E-state index contributed by atoms with van der Waals surface area (Å²) in [6.45, 7) is 5.74. The third kappa shape index (κ3) is 3.42. The van der Waals surface area contributed by atoms with Gasteiger partial charge in [0.05, 0.1) is 5.75 Å². The Morgan fingerprint density at radius 3 is 2.15 bits per heavy atom. The van der Waals surface area contributed by atoms with E-state index in [0.29, 0.717) is 11.5 Å². The first-order valence-corrected chi connectivity index (χ1v) is 7.49. The first kappa shape index (κ1) is 14.7. The molecule has 0 aliphatic heterocycles. The van der Waals surface area contributed by atoms with Gasteiger partial charge in [0.15, 0.2) is 5.78 Å². The lowest BCUT2D eigenvalue weighted by Gasteiger charge is -2.07. The molecule has 20 heavy (non-hydrogen) atoms. The highest BCUT2D eigenvalue weighted by atomic mass is 32.2. The third-order valence-electron chi connectivity index (χ3n) is 3.21. The van der Waals surface area contributed by atoms with E-state index in [1.807, 2.05) is 57.2 Å². The number of carbonyl (C=O) groups is 1. The first-order valence-electron chi connectivity index (χ1n) is 6.50. The monoisotopic (exact) mass is 286 g/mol. The summed E-state index contributed by atoms with van der Waals surface area (Å²) in [5.74, 6) is 0.866. The zero-order valence-corrected chi connectivity index (χ0v) is 12.8. The standard InChI is InChI=1S/C17H18O2S/c1-11-4-6-14(7-5-11)16(18)10-20-15-8-12(2)17(19)13(3)9-15/h4-9,19H,10H2,1-3H3. The van der Waals surface area contributed by atoms with Gasteiger partial charge < -0.3 is 5.11 Å². The molecule has 2 rings (SSSR count). The van der Waals surface area contributed by atoms with Crippen LogP contribution in [0.3, 0.4) is 0 Å². The highest BCUT2D eigenvalue weighted by Crippen LogP contribution is 2.28. The van der Waals surface area contributed by atoms with Crippen LogP contribution in [-0.2, 0) is 0 Å².